The number of anilines is 1. The zero-order chi connectivity index (χ0) is 20.0. The van der Waals surface area contributed by atoms with E-state index >= 15 is 0 Å². The molecule has 0 amide bonds. The Morgan fingerprint density at radius 2 is 1.96 bits per heavy atom. The summed E-state index contributed by atoms with van der Waals surface area (Å²) in [5.41, 5.74) is 2.36. The van der Waals surface area contributed by atoms with E-state index in [9.17, 15) is 20.2 Å². The third kappa shape index (κ3) is 4.91. The van der Waals surface area contributed by atoms with Crippen molar-refractivity contribution in [2.75, 3.05) is 19.1 Å². The number of halogens is 1. The number of nitrogens with zero attached hydrogens (tertiary/aromatic N) is 3. The maximum atomic E-state index is 11.1. The molecule has 0 saturated carbocycles. The molecule has 2 rings (SSSR count). The smallest absolute Gasteiger partial charge is 0.301 e. The number of benzene rings is 2. The highest BCUT2D eigenvalue weighted by Gasteiger charge is 2.19. The molecule has 0 fully saturated rings. The standard InChI is InChI=1S/C16H15BrN4O6/c1-3-27-16-12(17)6-10(7-15(16)26-2)9-18-19-13-5-4-11(20(22)23)8-14(13)21(24)25/h4-9,19H,3H2,1-2H3/b18-9-. The fraction of sp³-hybridized carbons (Fsp3) is 0.188. The molecule has 2 aromatic rings. The minimum Gasteiger partial charge on any atom is -0.493 e. The fourth-order valence-electron chi connectivity index (χ4n) is 2.15. The highest BCUT2D eigenvalue weighted by Crippen LogP contribution is 2.36. The van der Waals surface area contributed by atoms with Crippen molar-refractivity contribution in [3.05, 3.63) is 60.6 Å². The normalized spacial score (nSPS) is 10.6. The highest BCUT2D eigenvalue weighted by atomic mass is 79.9. The van der Waals surface area contributed by atoms with Crippen molar-refractivity contribution in [3.63, 3.8) is 0 Å². The Balaban J connectivity index is 2.26. The van der Waals surface area contributed by atoms with Crippen LogP contribution in [0.5, 0.6) is 11.5 Å². The number of non-ortho nitro benzene ring substituents is 1. The molecule has 0 atom stereocenters. The van der Waals surface area contributed by atoms with Crippen molar-refractivity contribution in [3.8, 4) is 11.5 Å². The van der Waals surface area contributed by atoms with Gasteiger partial charge in [0.15, 0.2) is 11.5 Å². The molecule has 1 N–H and O–H groups in total. The summed E-state index contributed by atoms with van der Waals surface area (Å²) in [6.07, 6.45) is 1.42. The second-order valence-electron chi connectivity index (χ2n) is 5.05. The van der Waals surface area contributed by atoms with Gasteiger partial charge in [0.2, 0.25) is 0 Å². The number of nitro benzene ring substituents is 2. The van der Waals surface area contributed by atoms with Crippen LogP contribution in [0.1, 0.15) is 12.5 Å². The van der Waals surface area contributed by atoms with Crippen molar-refractivity contribution in [1.82, 2.24) is 0 Å². The van der Waals surface area contributed by atoms with E-state index in [0.29, 0.717) is 28.1 Å². The minimum atomic E-state index is -0.721. The lowest BCUT2D eigenvalue weighted by Crippen LogP contribution is -2.00. The van der Waals surface area contributed by atoms with Crippen LogP contribution in [0.2, 0.25) is 0 Å². The summed E-state index contributed by atoms with van der Waals surface area (Å²) in [6.45, 7) is 2.32. The van der Waals surface area contributed by atoms with Crippen LogP contribution in [0.15, 0.2) is 39.9 Å². The molecule has 142 valence electrons. The Hall–Kier alpha value is -3.21. The van der Waals surface area contributed by atoms with E-state index in [1.54, 1.807) is 12.1 Å². The van der Waals surface area contributed by atoms with Crippen LogP contribution in [-0.2, 0) is 0 Å². The Bertz CT molecular complexity index is 903. The number of hydrogen-bond donors (Lipinski definition) is 1. The van der Waals surface area contributed by atoms with Crippen LogP contribution in [0.3, 0.4) is 0 Å². The average Bonchev–Trinajstić information content (AvgIpc) is 2.63. The van der Waals surface area contributed by atoms with Gasteiger partial charge in [0.1, 0.15) is 5.69 Å². The molecule has 0 radical (unpaired) electrons. The number of hydrogen-bond acceptors (Lipinski definition) is 8. The number of rotatable bonds is 8. The molecule has 2 aromatic carbocycles. The number of hydrazone groups is 1. The third-order valence-electron chi connectivity index (χ3n) is 3.33. The average molecular weight is 439 g/mol. The van der Waals surface area contributed by atoms with Crippen molar-refractivity contribution < 1.29 is 19.3 Å². The predicted octanol–water partition coefficient (Wildman–Crippen LogP) is 4.12. The molecule has 0 bridgehead atoms. The fourth-order valence-corrected chi connectivity index (χ4v) is 2.73. The molecule has 11 heteroatoms. The number of nitrogens with one attached hydrogen (secondary N) is 1. The van der Waals surface area contributed by atoms with Gasteiger partial charge in [0.05, 0.1) is 40.3 Å². The summed E-state index contributed by atoms with van der Waals surface area (Å²) >= 11 is 3.39. The maximum absolute atomic E-state index is 11.1. The second-order valence-corrected chi connectivity index (χ2v) is 5.91. The molecule has 10 nitrogen and oxygen atoms in total. The first-order chi connectivity index (χ1) is 12.9. The van der Waals surface area contributed by atoms with Gasteiger partial charge < -0.3 is 9.47 Å². The molecule has 0 unspecified atom stereocenters. The van der Waals surface area contributed by atoms with Crippen molar-refractivity contribution in [1.29, 1.82) is 0 Å². The van der Waals surface area contributed by atoms with E-state index < -0.39 is 15.5 Å². The van der Waals surface area contributed by atoms with Crippen molar-refractivity contribution >= 4 is 39.2 Å². The minimum absolute atomic E-state index is 0.0267. The van der Waals surface area contributed by atoms with Crippen LogP contribution in [0.25, 0.3) is 0 Å². The Morgan fingerprint density at radius 3 is 2.56 bits per heavy atom. The lowest BCUT2D eigenvalue weighted by atomic mass is 10.2. The van der Waals surface area contributed by atoms with Gasteiger partial charge >= 0.3 is 5.69 Å². The summed E-state index contributed by atoms with van der Waals surface area (Å²) < 4.78 is 11.4. The zero-order valence-corrected chi connectivity index (χ0v) is 15.9. The largest absolute Gasteiger partial charge is 0.493 e. The first-order valence-corrected chi connectivity index (χ1v) is 8.38. The van der Waals surface area contributed by atoms with Crippen LogP contribution in [0, 0.1) is 20.2 Å². The highest BCUT2D eigenvalue weighted by molar-refractivity contribution is 9.10. The Kier molecular flexibility index (Phi) is 6.66. The summed E-state index contributed by atoms with van der Waals surface area (Å²) in [5.74, 6) is 1.05. The summed E-state index contributed by atoms with van der Waals surface area (Å²) in [4.78, 5) is 20.4. The summed E-state index contributed by atoms with van der Waals surface area (Å²) in [5, 5.41) is 25.8. The first kappa shape index (κ1) is 20.1. The molecular weight excluding hydrogens is 424 g/mol. The molecule has 0 spiro atoms. The Labute approximate surface area is 162 Å². The third-order valence-corrected chi connectivity index (χ3v) is 3.92. The summed E-state index contributed by atoms with van der Waals surface area (Å²) in [6, 6.07) is 6.67. The molecule has 0 aromatic heterocycles. The molecule has 0 aliphatic rings. The van der Waals surface area contributed by atoms with Crippen LogP contribution >= 0.6 is 15.9 Å². The summed E-state index contributed by atoms with van der Waals surface area (Å²) in [7, 11) is 1.50. The molecule has 0 aliphatic heterocycles. The van der Waals surface area contributed by atoms with E-state index in [1.807, 2.05) is 6.92 Å². The second kappa shape index (κ2) is 8.94. The predicted molar refractivity (Wildman–Crippen MR) is 103 cm³/mol. The van der Waals surface area contributed by atoms with Crippen molar-refractivity contribution in [2.24, 2.45) is 5.10 Å². The molecule has 0 heterocycles. The topological polar surface area (TPSA) is 129 Å². The monoisotopic (exact) mass is 438 g/mol. The van der Waals surface area contributed by atoms with Crippen molar-refractivity contribution in [2.45, 2.75) is 6.92 Å². The van der Waals surface area contributed by atoms with Gasteiger partial charge in [-0.2, -0.15) is 5.10 Å². The van der Waals surface area contributed by atoms with Crippen LogP contribution < -0.4 is 14.9 Å². The van der Waals surface area contributed by atoms with Gasteiger partial charge in [-0.25, -0.2) is 0 Å². The van der Waals surface area contributed by atoms with E-state index in [0.717, 1.165) is 12.1 Å². The number of nitro groups is 2. The van der Waals surface area contributed by atoms with Gasteiger partial charge in [-0.1, -0.05) is 0 Å². The van der Waals surface area contributed by atoms with Gasteiger partial charge in [0, 0.05) is 6.07 Å². The lowest BCUT2D eigenvalue weighted by molar-refractivity contribution is -0.393. The first-order valence-electron chi connectivity index (χ1n) is 7.59. The van der Waals surface area contributed by atoms with E-state index in [-0.39, 0.29) is 11.4 Å². The molecule has 0 aliphatic carbocycles. The van der Waals surface area contributed by atoms with Gasteiger partial charge in [-0.3, -0.25) is 25.7 Å². The van der Waals surface area contributed by atoms with E-state index in [4.69, 9.17) is 9.47 Å². The maximum Gasteiger partial charge on any atom is 0.301 e. The van der Waals surface area contributed by atoms with Crippen LogP contribution in [0.4, 0.5) is 17.1 Å². The Morgan fingerprint density at radius 1 is 1.22 bits per heavy atom. The van der Waals surface area contributed by atoms with Gasteiger partial charge in [-0.15, -0.1) is 0 Å². The molecule has 27 heavy (non-hydrogen) atoms. The molecular formula is C16H15BrN4O6. The lowest BCUT2D eigenvalue weighted by Gasteiger charge is -2.12. The number of ether oxygens (including phenoxy) is 2. The van der Waals surface area contributed by atoms with Crippen LogP contribution in [-0.4, -0.2) is 29.8 Å². The SMILES string of the molecule is CCOc1c(Br)cc(/C=N\Nc2ccc([N+](=O)[O-])cc2[N+](=O)[O-])cc1OC. The van der Waals surface area contributed by atoms with Gasteiger partial charge in [-0.05, 0) is 46.6 Å². The van der Waals surface area contributed by atoms with E-state index in [1.165, 1.54) is 19.4 Å². The van der Waals surface area contributed by atoms with E-state index in [2.05, 4.69) is 26.5 Å². The number of methoxy groups -OCH3 is 1. The van der Waals surface area contributed by atoms with Gasteiger partial charge in [0.25, 0.3) is 5.69 Å². The zero-order valence-electron chi connectivity index (χ0n) is 14.3. The molecule has 0 saturated heterocycles. The quantitative estimate of drug-likeness (QED) is 0.372.